The number of phenols is 1. The number of pyridine rings is 1. The molecule has 0 aliphatic carbocycles. The summed E-state index contributed by atoms with van der Waals surface area (Å²) in [4.78, 5) is 9.56. The topological polar surface area (TPSA) is 77.6 Å². The van der Waals surface area contributed by atoms with Gasteiger partial charge in [0.25, 0.3) is 0 Å². The molecular formula is C30H26FN3O4. The van der Waals surface area contributed by atoms with E-state index in [1.54, 1.807) is 36.5 Å². The van der Waals surface area contributed by atoms with Crippen molar-refractivity contribution in [3.05, 3.63) is 102 Å². The minimum atomic E-state index is -0.286. The molecule has 8 heteroatoms. The lowest BCUT2D eigenvalue weighted by molar-refractivity contribution is 0.269. The van der Waals surface area contributed by atoms with E-state index in [9.17, 15) is 9.50 Å². The summed E-state index contributed by atoms with van der Waals surface area (Å²) in [6.07, 6.45) is 3.64. The van der Waals surface area contributed by atoms with Crippen LogP contribution in [0.4, 0.5) is 10.2 Å². The van der Waals surface area contributed by atoms with Crippen molar-refractivity contribution in [3.63, 3.8) is 0 Å². The Balaban J connectivity index is 1.46. The number of benzene rings is 3. The lowest BCUT2D eigenvalue weighted by Crippen LogP contribution is -2.00. The highest BCUT2D eigenvalue weighted by atomic mass is 19.1. The van der Waals surface area contributed by atoms with Crippen LogP contribution in [-0.4, -0.2) is 34.4 Å². The van der Waals surface area contributed by atoms with Crippen LogP contribution in [0.2, 0.25) is 0 Å². The minimum absolute atomic E-state index is 0.0512. The van der Waals surface area contributed by atoms with Crippen LogP contribution in [0.25, 0.3) is 16.9 Å². The third kappa shape index (κ3) is 5.29. The van der Waals surface area contributed by atoms with Crippen molar-refractivity contribution in [1.29, 1.82) is 0 Å². The maximum Gasteiger partial charge on any atom is 0.165 e. The van der Waals surface area contributed by atoms with E-state index >= 15 is 0 Å². The van der Waals surface area contributed by atoms with E-state index in [1.807, 2.05) is 53.9 Å². The maximum absolute atomic E-state index is 13.2. The van der Waals surface area contributed by atoms with Gasteiger partial charge >= 0.3 is 0 Å². The first-order valence-corrected chi connectivity index (χ1v) is 12.1. The van der Waals surface area contributed by atoms with Gasteiger partial charge in [0.15, 0.2) is 28.8 Å². The molecule has 0 bridgehead atoms. The van der Waals surface area contributed by atoms with E-state index in [2.05, 4.69) is 0 Å². The predicted octanol–water partition coefficient (Wildman–Crippen LogP) is 6.58. The van der Waals surface area contributed by atoms with Gasteiger partial charge in [0.05, 0.1) is 13.7 Å². The third-order valence-corrected chi connectivity index (χ3v) is 5.87. The van der Waals surface area contributed by atoms with Crippen LogP contribution in [0, 0.1) is 5.82 Å². The highest BCUT2D eigenvalue weighted by Gasteiger charge is 2.15. The standard InChI is InChI=1S/C30H26FN3O4/c1-3-37-27-16-21(9-14-25(27)38-19-20-7-11-23(31)12-8-20)18-32-30-29(33-28-6-4-5-15-34(28)30)22-10-13-24(35)26(17-22)36-2/h4-18,35H,3,19H2,1-2H3. The van der Waals surface area contributed by atoms with Crippen LogP contribution in [0.5, 0.6) is 23.0 Å². The summed E-state index contributed by atoms with van der Waals surface area (Å²) in [5, 5.41) is 10.0. The number of phenolic OH excluding ortho intramolecular Hbond substituents is 1. The quantitative estimate of drug-likeness (QED) is 0.226. The number of hydrogen-bond acceptors (Lipinski definition) is 6. The number of imidazole rings is 1. The molecule has 0 unspecified atom stereocenters. The first kappa shape index (κ1) is 24.8. The Morgan fingerprint density at radius 1 is 0.947 bits per heavy atom. The van der Waals surface area contributed by atoms with Crippen molar-refractivity contribution in [3.8, 4) is 34.3 Å². The van der Waals surface area contributed by atoms with Crippen LogP contribution in [0.15, 0.2) is 90.1 Å². The van der Waals surface area contributed by atoms with E-state index in [4.69, 9.17) is 24.2 Å². The van der Waals surface area contributed by atoms with Crippen molar-refractivity contribution in [2.75, 3.05) is 13.7 Å². The van der Waals surface area contributed by atoms with Gasteiger partial charge in [-0.1, -0.05) is 18.2 Å². The van der Waals surface area contributed by atoms with E-state index < -0.39 is 0 Å². The van der Waals surface area contributed by atoms with Gasteiger partial charge in [-0.15, -0.1) is 0 Å². The molecule has 5 aromatic rings. The number of nitrogens with zero attached hydrogens (tertiary/aromatic N) is 3. The summed E-state index contributed by atoms with van der Waals surface area (Å²) in [5.41, 5.74) is 3.81. The Morgan fingerprint density at radius 3 is 2.58 bits per heavy atom. The van der Waals surface area contributed by atoms with E-state index in [-0.39, 0.29) is 18.2 Å². The molecule has 0 amide bonds. The summed E-state index contributed by atoms with van der Waals surface area (Å²) < 4.78 is 32.1. The Labute approximate surface area is 219 Å². The molecule has 5 rings (SSSR count). The predicted molar refractivity (Wildman–Crippen MR) is 144 cm³/mol. The maximum atomic E-state index is 13.2. The fourth-order valence-electron chi connectivity index (χ4n) is 3.99. The van der Waals surface area contributed by atoms with Gasteiger partial charge in [0.1, 0.15) is 23.8 Å². The average Bonchev–Trinajstić information content (AvgIpc) is 3.31. The molecule has 2 heterocycles. The molecule has 0 aliphatic heterocycles. The zero-order chi connectivity index (χ0) is 26.5. The summed E-state index contributed by atoms with van der Waals surface area (Å²) in [6, 6.07) is 22.6. The van der Waals surface area contributed by atoms with Crippen molar-refractivity contribution in [1.82, 2.24) is 9.38 Å². The molecule has 38 heavy (non-hydrogen) atoms. The first-order valence-electron chi connectivity index (χ1n) is 12.1. The van der Waals surface area contributed by atoms with Crippen LogP contribution in [0.1, 0.15) is 18.1 Å². The van der Waals surface area contributed by atoms with Crippen molar-refractivity contribution >= 4 is 17.7 Å². The molecule has 3 aromatic carbocycles. The Hall–Kier alpha value is -4.85. The summed E-state index contributed by atoms with van der Waals surface area (Å²) in [7, 11) is 1.50. The molecule has 0 saturated carbocycles. The number of aromatic nitrogens is 2. The number of halogens is 1. The summed E-state index contributed by atoms with van der Waals surface area (Å²) in [6.45, 7) is 2.66. The zero-order valence-electron chi connectivity index (χ0n) is 21.0. The Kier molecular flexibility index (Phi) is 7.21. The van der Waals surface area contributed by atoms with Crippen LogP contribution in [-0.2, 0) is 6.61 Å². The molecule has 0 fully saturated rings. The number of aliphatic imine (C=N–C) groups is 1. The van der Waals surface area contributed by atoms with E-state index in [0.717, 1.165) is 22.3 Å². The van der Waals surface area contributed by atoms with Crippen molar-refractivity contribution in [2.45, 2.75) is 13.5 Å². The number of fused-ring (bicyclic) bond motifs is 1. The zero-order valence-corrected chi connectivity index (χ0v) is 21.0. The smallest absolute Gasteiger partial charge is 0.165 e. The van der Waals surface area contributed by atoms with E-state index in [1.165, 1.54) is 19.2 Å². The number of methoxy groups -OCH3 is 1. The number of ether oxygens (including phenoxy) is 3. The fraction of sp³-hybridized carbons (Fsp3) is 0.133. The average molecular weight is 512 g/mol. The molecule has 0 aliphatic rings. The van der Waals surface area contributed by atoms with Gasteiger partial charge in [-0.3, -0.25) is 4.40 Å². The van der Waals surface area contributed by atoms with E-state index in [0.29, 0.717) is 35.4 Å². The van der Waals surface area contributed by atoms with Gasteiger partial charge in [-0.25, -0.2) is 14.4 Å². The first-order chi connectivity index (χ1) is 18.6. The summed E-state index contributed by atoms with van der Waals surface area (Å²) >= 11 is 0. The summed E-state index contributed by atoms with van der Waals surface area (Å²) in [5.74, 6) is 1.91. The van der Waals surface area contributed by atoms with Gasteiger partial charge < -0.3 is 19.3 Å². The molecule has 0 saturated heterocycles. The second-order valence-corrected chi connectivity index (χ2v) is 8.41. The highest BCUT2D eigenvalue weighted by molar-refractivity contribution is 5.86. The lowest BCUT2D eigenvalue weighted by Gasteiger charge is -2.12. The minimum Gasteiger partial charge on any atom is -0.504 e. The normalized spacial score (nSPS) is 11.2. The molecule has 2 aromatic heterocycles. The van der Waals surface area contributed by atoms with Gasteiger partial charge in [0.2, 0.25) is 0 Å². The molecule has 192 valence electrons. The monoisotopic (exact) mass is 511 g/mol. The van der Waals surface area contributed by atoms with Crippen molar-refractivity contribution < 1.29 is 23.7 Å². The van der Waals surface area contributed by atoms with Gasteiger partial charge in [-0.05, 0) is 78.7 Å². The fourth-order valence-corrected chi connectivity index (χ4v) is 3.99. The van der Waals surface area contributed by atoms with Crippen LogP contribution >= 0.6 is 0 Å². The van der Waals surface area contributed by atoms with Crippen LogP contribution < -0.4 is 14.2 Å². The second kappa shape index (κ2) is 11.0. The Bertz CT molecular complexity index is 1600. The third-order valence-electron chi connectivity index (χ3n) is 5.87. The van der Waals surface area contributed by atoms with Gasteiger partial charge in [0, 0.05) is 18.0 Å². The number of hydrogen-bond donors (Lipinski definition) is 1. The SMILES string of the molecule is CCOc1cc(C=Nc2c(-c3ccc(O)c(OC)c3)nc3ccccn23)ccc1OCc1ccc(F)cc1. The highest BCUT2D eigenvalue weighted by Crippen LogP contribution is 2.36. The molecule has 0 atom stereocenters. The molecule has 0 spiro atoms. The Morgan fingerprint density at radius 2 is 1.79 bits per heavy atom. The largest absolute Gasteiger partial charge is 0.504 e. The molecule has 7 nitrogen and oxygen atoms in total. The lowest BCUT2D eigenvalue weighted by atomic mass is 10.1. The molecule has 0 radical (unpaired) electrons. The second-order valence-electron chi connectivity index (χ2n) is 8.41. The van der Waals surface area contributed by atoms with Crippen LogP contribution in [0.3, 0.4) is 0 Å². The number of aromatic hydroxyl groups is 1. The van der Waals surface area contributed by atoms with Gasteiger partial charge in [-0.2, -0.15) is 0 Å². The molecular weight excluding hydrogens is 485 g/mol. The van der Waals surface area contributed by atoms with Crippen molar-refractivity contribution in [2.24, 2.45) is 4.99 Å². The molecule has 1 N–H and O–H groups in total. The number of rotatable bonds is 9.